The highest BCUT2D eigenvalue weighted by Gasteiger charge is 2.13. The Morgan fingerprint density at radius 3 is 2.74 bits per heavy atom. The van der Waals surface area contributed by atoms with Crippen LogP contribution in [0.3, 0.4) is 0 Å². The van der Waals surface area contributed by atoms with Gasteiger partial charge in [0.05, 0.1) is 22.4 Å². The van der Waals surface area contributed by atoms with E-state index in [4.69, 9.17) is 0 Å². The molecule has 27 heavy (non-hydrogen) atoms. The van der Waals surface area contributed by atoms with E-state index in [1.165, 1.54) is 5.56 Å². The summed E-state index contributed by atoms with van der Waals surface area (Å²) in [7, 11) is 1.95. The highest BCUT2D eigenvalue weighted by atomic mass is 15.3. The molecule has 0 atom stereocenters. The third kappa shape index (κ3) is 3.40. The van der Waals surface area contributed by atoms with Crippen LogP contribution in [-0.2, 0) is 13.5 Å². The van der Waals surface area contributed by atoms with E-state index in [1.54, 1.807) is 6.20 Å². The van der Waals surface area contributed by atoms with Crippen molar-refractivity contribution in [3.8, 4) is 11.3 Å². The lowest BCUT2D eigenvalue weighted by Gasteiger charge is -2.06. The number of aromatic nitrogens is 6. The number of nitrogens with one attached hydrogen (secondary N) is 2. The number of hydrogen-bond donors (Lipinski definition) is 2. The number of anilines is 1. The number of rotatable bonds is 5. The molecule has 4 aromatic rings. The number of hydrogen-bond acceptors (Lipinski definition) is 5. The molecule has 0 saturated carbocycles. The number of aryl methyl sites for hydroxylation is 3. The maximum Gasteiger partial charge on any atom is 0.223 e. The second-order valence-corrected chi connectivity index (χ2v) is 6.82. The predicted molar refractivity (Wildman–Crippen MR) is 107 cm³/mol. The fourth-order valence-corrected chi connectivity index (χ4v) is 3.31. The van der Waals surface area contributed by atoms with Crippen LogP contribution in [0.15, 0.2) is 30.5 Å². The summed E-state index contributed by atoms with van der Waals surface area (Å²) in [6.07, 6.45) is 2.55. The molecule has 4 rings (SSSR count). The normalized spacial score (nSPS) is 11.3. The Morgan fingerprint density at radius 2 is 1.96 bits per heavy atom. The van der Waals surface area contributed by atoms with E-state index in [9.17, 15) is 0 Å². The monoisotopic (exact) mass is 361 g/mol. The van der Waals surface area contributed by atoms with Crippen LogP contribution >= 0.6 is 0 Å². The van der Waals surface area contributed by atoms with Crippen molar-refractivity contribution >= 4 is 17.0 Å². The van der Waals surface area contributed by atoms with Crippen molar-refractivity contribution in [2.75, 3.05) is 11.9 Å². The summed E-state index contributed by atoms with van der Waals surface area (Å²) in [5.41, 5.74) is 7.31. The van der Waals surface area contributed by atoms with E-state index < -0.39 is 0 Å². The molecule has 7 nitrogen and oxygen atoms in total. The predicted octanol–water partition coefficient (Wildman–Crippen LogP) is 3.33. The topological polar surface area (TPSA) is 84.3 Å². The molecule has 0 fully saturated rings. The Labute approximate surface area is 157 Å². The smallest absolute Gasteiger partial charge is 0.223 e. The van der Waals surface area contributed by atoms with Gasteiger partial charge in [-0.2, -0.15) is 5.10 Å². The minimum absolute atomic E-state index is 0.613. The van der Waals surface area contributed by atoms with Crippen LogP contribution in [0.25, 0.3) is 22.3 Å². The van der Waals surface area contributed by atoms with E-state index in [0.29, 0.717) is 12.5 Å². The Morgan fingerprint density at radius 1 is 1.11 bits per heavy atom. The first-order chi connectivity index (χ1) is 13.0. The van der Waals surface area contributed by atoms with Gasteiger partial charge in [-0.05, 0) is 44.5 Å². The Kier molecular flexibility index (Phi) is 4.35. The summed E-state index contributed by atoms with van der Waals surface area (Å²) < 4.78 is 1.88. The van der Waals surface area contributed by atoms with Crippen molar-refractivity contribution in [3.05, 3.63) is 53.2 Å². The van der Waals surface area contributed by atoms with E-state index >= 15 is 0 Å². The average Bonchev–Trinajstić information content (AvgIpc) is 3.14. The van der Waals surface area contributed by atoms with Crippen molar-refractivity contribution < 1.29 is 0 Å². The number of nitrogens with zero attached hydrogens (tertiary/aromatic N) is 5. The lowest BCUT2D eigenvalue weighted by atomic mass is 10.1. The summed E-state index contributed by atoms with van der Waals surface area (Å²) in [6, 6.07) is 8.16. The molecule has 2 N–H and O–H groups in total. The first-order valence-corrected chi connectivity index (χ1v) is 9.04. The molecule has 3 aromatic heterocycles. The van der Waals surface area contributed by atoms with E-state index in [2.05, 4.69) is 49.4 Å². The number of H-pyrrole nitrogens is 1. The van der Waals surface area contributed by atoms with Gasteiger partial charge in [-0.25, -0.2) is 15.0 Å². The quantitative estimate of drug-likeness (QED) is 0.569. The Balaban J connectivity index is 1.47. The maximum absolute atomic E-state index is 4.66. The first-order valence-electron chi connectivity index (χ1n) is 9.04. The lowest BCUT2D eigenvalue weighted by molar-refractivity contribution is 0.731. The van der Waals surface area contributed by atoms with Gasteiger partial charge < -0.3 is 10.3 Å². The standard InChI is InChI=1S/C20H23N7/c1-12-5-6-15-17(11-12)24-18(23-15)8-10-22-20-21-9-7-16(25-20)19-13(2)26-27(4)14(19)3/h5-7,9,11H,8,10H2,1-4H3,(H,23,24)(H,21,22,25). The average molecular weight is 361 g/mol. The highest BCUT2D eigenvalue weighted by molar-refractivity contribution is 5.75. The van der Waals surface area contributed by atoms with Crippen LogP contribution in [0.5, 0.6) is 0 Å². The van der Waals surface area contributed by atoms with Gasteiger partial charge in [-0.1, -0.05) is 6.07 Å². The molecule has 7 heteroatoms. The molecular formula is C20H23N7. The van der Waals surface area contributed by atoms with Gasteiger partial charge in [0, 0.05) is 37.5 Å². The van der Waals surface area contributed by atoms with Gasteiger partial charge in [0.1, 0.15) is 5.82 Å². The Hall–Kier alpha value is -3.22. The molecule has 0 bridgehead atoms. The molecule has 0 radical (unpaired) electrons. The van der Waals surface area contributed by atoms with Gasteiger partial charge in [-0.15, -0.1) is 0 Å². The summed E-state index contributed by atoms with van der Waals surface area (Å²) in [6.45, 7) is 6.83. The molecular weight excluding hydrogens is 338 g/mol. The number of imidazole rings is 1. The van der Waals surface area contributed by atoms with Crippen molar-refractivity contribution in [3.63, 3.8) is 0 Å². The zero-order chi connectivity index (χ0) is 19.0. The van der Waals surface area contributed by atoms with Crippen LogP contribution in [0.1, 0.15) is 22.8 Å². The summed E-state index contributed by atoms with van der Waals surface area (Å²) in [5.74, 6) is 1.57. The zero-order valence-corrected chi connectivity index (χ0v) is 16.0. The van der Waals surface area contributed by atoms with E-state index in [1.807, 2.05) is 37.7 Å². The largest absolute Gasteiger partial charge is 0.354 e. The van der Waals surface area contributed by atoms with Gasteiger partial charge >= 0.3 is 0 Å². The molecule has 0 aliphatic heterocycles. The fraction of sp³-hybridized carbons (Fsp3) is 0.300. The Bertz CT molecular complexity index is 1110. The molecule has 0 unspecified atom stereocenters. The van der Waals surface area contributed by atoms with Crippen molar-refractivity contribution in [1.29, 1.82) is 0 Å². The van der Waals surface area contributed by atoms with Crippen molar-refractivity contribution in [2.24, 2.45) is 7.05 Å². The van der Waals surface area contributed by atoms with Gasteiger partial charge in [0.15, 0.2) is 0 Å². The minimum Gasteiger partial charge on any atom is -0.354 e. The van der Waals surface area contributed by atoms with Gasteiger partial charge in [0.2, 0.25) is 5.95 Å². The molecule has 0 saturated heterocycles. The number of benzene rings is 1. The minimum atomic E-state index is 0.613. The zero-order valence-electron chi connectivity index (χ0n) is 16.0. The SMILES string of the molecule is Cc1ccc2nc(CCNc3nccc(-c4c(C)nn(C)c4C)n3)[nH]c2c1. The molecule has 0 amide bonds. The second kappa shape index (κ2) is 6.83. The molecule has 1 aromatic carbocycles. The molecule has 138 valence electrons. The summed E-state index contributed by atoms with van der Waals surface area (Å²) >= 11 is 0. The molecule has 0 spiro atoms. The summed E-state index contributed by atoms with van der Waals surface area (Å²) in [5, 5.41) is 7.76. The van der Waals surface area contributed by atoms with Crippen molar-refractivity contribution in [2.45, 2.75) is 27.2 Å². The number of fused-ring (bicyclic) bond motifs is 1. The lowest BCUT2D eigenvalue weighted by Crippen LogP contribution is -2.09. The van der Waals surface area contributed by atoms with Gasteiger partial charge in [0.25, 0.3) is 0 Å². The van der Waals surface area contributed by atoms with Crippen LogP contribution in [0.4, 0.5) is 5.95 Å². The van der Waals surface area contributed by atoms with E-state index in [-0.39, 0.29) is 0 Å². The first kappa shape index (κ1) is 17.2. The maximum atomic E-state index is 4.66. The van der Waals surface area contributed by atoms with Crippen LogP contribution in [0, 0.1) is 20.8 Å². The van der Waals surface area contributed by atoms with Crippen LogP contribution in [-0.4, -0.2) is 36.3 Å². The number of aromatic amines is 1. The van der Waals surface area contributed by atoms with Crippen LogP contribution < -0.4 is 5.32 Å². The van der Waals surface area contributed by atoms with Crippen molar-refractivity contribution in [1.82, 2.24) is 29.7 Å². The third-order valence-electron chi connectivity index (χ3n) is 4.75. The fourth-order valence-electron chi connectivity index (χ4n) is 3.31. The second-order valence-electron chi connectivity index (χ2n) is 6.82. The summed E-state index contributed by atoms with van der Waals surface area (Å²) in [4.78, 5) is 17.0. The molecule has 3 heterocycles. The van der Waals surface area contributed by atoms with Gasteiger partial charge in [-0.3, -0.25) is 4.68 Å². The highest BCUT2D eigenvalue weighted by Crippen LogP contribution is 2.25. The molecule has 0 aliphatic carbocycles. The molecule has 0 aliphatic rings. The van der Waals surface area contributed by atoms with Crippen LogP contribution in [0.2, 0.25) is 0 Å². The van der Waals surface area contributed by atoms with E-state index in [0.717, 1.165) is 45.9 Å². The third-order valence-corrected chi connectivity index (χ3v) is 4.75.